The third kappa shape index (κ3) is 4.91. The summed E-state index contributed by atoms with van der Waals surface area (Å²) in [6.07, 6.45) is 2.14. The van der Waals surface area contributed by atoms with Crippen molar-refractivity contribution in [2.45, 2.75) is 20.0 Å². The molecular formula is C27H26N4O4. The van der Waals surface area contributed by atoms with E-state index in [-0.39, 0.29) is 12.7 Å². The van der Waals surface area contributed by atoms with Crippen LogP contribution in [-0.2, 0) is 13.0 Å². The Hall–Kier alpha value is -4.46. The van der Waals surface area contributed by atoms with Crippen LogP contribution in [0, 0.1) is 0 Å². The lowest BCUT2D eigenvalue weighted by Crippen LogP contribution is -2.05. The largest absolute Gasteiger partial charge is 0.493 e. The zero-order valence-corrected chi connectivity index (χ0v) is 19.4. The van der Waals surface area contributed by atoms with Crippen molar-refractivity contribution in [1.29, 1.82) is 0 Å². The van der Waals surface area contributed by atoms with Crippen LogP contribution in [0.25, 0.3) is 11.1 Å². The summed E-state index contributed by atoms with van der Waals surface area (Å²) in [5.74, 6) is 3.28. The number of anilines is 2. The highest BCUT2D eigenvalue weighted by Gasteiger charge is 2.21. The quantitative estimate of drug-likeness (QED) is 0.384. The average molecular weight is 471 g/mol. The summed E-state index contributed by atoms with van der Waals surface area (Å²) in [5.41, 5.74) is 16.3. The van der Waals surface area contributed by atoms with Crippen molar-refractivity contribution < 1.29 is 18.9 Å². The highest BCUT2D eigenvalue weighted by atomic mass is 16.7. The molecule has 2 heterocycles. The number of nitrogen functional groups attached to an aromatic ring is 2. The highest BCUT2D eigenvalue weighted by molar-refractivity contribution is 5.79. The third-order valence-electron chi connectivity index (χ3n) is 5.64. The number of nitrogens with two attached hydrogens (primary N) is 2. The lowest BCUT2D eigenvalue weighted by Gasteiger charge is -2.19. The fourth-order valence-electron chi connectivity index (χ4n) is 3.99. The molecule has 5 rings (SSSR count). The summed E-state index contributed by atoms with van der Waals surface area (Å²) in [5, 5.41) is 0. The van der Waals surface area contributed by atoms with Crippen molar-refractivity contribution in [3.63, 3.8) is 0 Å². The Bertz CT molecular complexity index is 1340. The molecule has 1 aliphatic heterocycles. The van der Waals surface area contributed by atoms with Gasteiger partial charge in [0.05, 0.1) is 12.2 Å². The summed E-state index contributed by atoms with van der Waals surface area (Å²) >= 11 is 0. The molecule has 0 spiro atoms. The zero-order chi connectivity index (χ0) is 24.2. The van der Waals surface area contributed by atoms with Crippen LogP contribution in [0.2, 0.25) is 0 Å². The molecule has 0 unspecified atom stereocenters. The van der Waals surface area contributed by atoms with E-state index in [1.807, 2.05) is 67.6 Å². The number of ether oxygens (including phenoxy) is 4. The van der Waals surface area contributed by atoms with Gasteiger partial charge in [-0.3, -0.25) is 0 Å². The number of hydrogen-bond acceptors (Lipinski definition) is 8. The van der Waals surface area contributed by atoms with Gasteiger partial charge in [0.2, 0.25) is 12.7 Å². The number of hydrogen-bond donors (Lipinski definition) is 2. The summed E-state index contributed by atoms with van der Waals surface area (Å²) in [6, 6.07) is 19.8. The first-order valence-electron chi connectivity index (χ1n) is 11.3. The van der Waals surface area contributed by atoms with Crippen LogP contribution in [-0.4, -0.2) is 23.4 Å². The van der Waals surface area contributed by atoms with Crippen molar-refractivity contribution in [2.75, 3.05) is 24.9 Å². The SMILES string of the molecule is CCOc1cc(Cc2cnc(N)nc2N)cc(OCc2ccccc2)c1-c1ccc2c(c1)OCO2. The molecule has 0 aliphatic carbocycles. The lowest BCUT2D eigenvalue weighted by atomic mass is 9.98. The van der Waals surface area contributed by atoms with Gasteiger partial charge in [0.1, 0.15) is 23.9 Å². The molecule has 8 nitrogen and oxygen atoms in total. The van der Waals surface area contributed by atoms with E-state index in [4.69, 9.17) is 30.4 Å². The molecule has 35 heavy (non-hydrogen) atoms. The summed E-state index contributed by atoms with van der Waals surface area (Å²) in [7, 11) is 0. The van der Waals surface area contributed by atoms with Crippen LogP contribution in [0.15, 0.2) is 66.9 Å². The fourth-order valence-corrected chi connectivity index (χ4v) is 3.99. The van der Waals surface area contributed by atoms with Gasteiger partial charge in [-0.15, -0.1) is 0 Å². The second-order valence-electron chi connectivity index (χ2n) is 8.06. The molecule has 1 aromatic heterocycles. The Labute approximate surface area is 203 Å². The maximum absolute atomic E-state index is 6.38. The van der Waals surface area contributed by atoms with Gasteiger partial charge in [-0.05, 0) is 47.9 Å². The minimum absolute atomic E-state index is 0.145. The molecule has 0 atom stereocenters. The van der Waals surface area contributed by atoms with E-state index < -0.39 is 0 Å². The highest BCUT2D eigenvalue weighted by Crippen LogP contribution is 2.44. The van der Waals surface area contributed by atoms with Gasteiger partial charge in [-0.1, -0.05) is 36.4 Å². The topological polar surface area (TPSA) is 115 Å². The predicted molar refractivity (Wildman–Crippen MR) is 134 cm³/mol. The molecule has 4 aromatic rings. The Kier molecular flexibility index (Phi) is 6.26. The number of fused-ring (bicyclic) bond motifs is 1. The second kappa shape index (κ2) is 9.80. The first-order chi connectivity index (χ1) is 17.1. The smallest absolute Gasteiger partial charge is 0.231 e. The minimum Gasteiger partial charge on any atom is -0.493 e. The van der Waals surface area contributed by atoms with Gasteiger partial charge in [0.15, 0.2) is 11.5 Å². The van der Waals surface area contributed by atoms with Crippen LogP contribution in [0.4, 0.5) is 11.8 Å². The average Bonchev–Trinajstić information content (AvgIpc) is 3.33. The molecule has 0 amide bonds. The van der Waals surface area contributed by atoms with E-state index in [1.54, 1.807) is 6.20 Å². The van der Waals surface area contributed by atoms with Crippen molar-refractivity contribution in [3.8, 4) is 34.1 Å². The number of benzene rings is 3. The predicted octanol–water partition coefficient (Wildman–Crippen LogP) is 4.61. The Morgan fingerprint density at radius 3 is 2.43 bits per heavy atom. The van der Waals surface area contributed by atoms with Gasteiger partial charge < -0.3 is 30.4 Å². The molecule has 1 aliphatic rings. The van der Waals surface area contributed by atoms with E-state index in [0.29, 0.717) is 48.5 Å². The van der Waals surface area contributed by atoms with Crippen molar-refractivity contribution in [2.24, 2.45) is 0 Å². The normalized spacial score (nSPS) is 11.9. The number of aromatic nitrogens is 2. The monoisotopic (exact) mass is 470 g/mol. The van der Waals surface area contributed by atoms with E-state index in [2.05, 4.69) is 9.97 Å². The van der Waals surface area contributed by atoms with Crippen LogP contribution < -0.4 is 30.4 Å². The molecule has 0 radical (unpaired) electrons. The molecular weight excluding hydrogens is 444 g/mol. The number of rotatable bonds is 8. The first kappa shape index (κ1) is 22.3. The van der Waals surface area contributed by atoms with E-state index in [9.17, 15) is 0 Å². The summed E-state index contributed by atoms with van der Waals surface area (Å²) in [6.45, 7) is 3.05. The molecule has 3 aromatic carbocycles. The third-order valence-corrected chi connectivity index (χ3v) is 5.64. The Balaban J connectivity index is 1.58. The van der Waals surface area contributed by atoms with Crippen LogP contribution in [0.3, 0.4) is 0 Å². The molecule has 8 heteroatoms. The number of nitrogens with zero attached hydrogens (tertiary/aromatic N) is 2. The van der Waals surface area contributed by atoms with Crippen molar-refractivity contribution in [1.82, 2.24) is 9.97 Å². The molecule has 0 fully saturated rings. The maximum atomic E-state index is 6.38. The zero-order valence-electron chi connectivity index (χ0n) is 19.4. The molecule has 178 valence electrons. The van der Waals surface area contributed by atoms with Gasteiger partial charge >= 0.3 is 0 Å². The lowest BCUT2D eigenvalue weighted by molar-refractivity contribution is 0.174. The van der Waals surface area contributed by atoms with E-state index in [0.717, 1.165) is 27.8 Å². The first-order valence-corrected chi connectivity index (χ1v) is 11.3. The van der Waals surface area contributed by atoms with Gasteiger partial charge in [-0.25, -0.2) is 4.98 Å². The molecule has 4 N–H and O–H groups in total. The minimum atomic E-state index is 0.145. The Morgan fingerprint density at radius 2 is 1.66 bits per heavy atom. The summed E-state index contributed by atoms with van der Waals surface area (Å²) in [4.78, 5) is 8.17. The van der Waals surface area contributed by atoms with Crippen LogP contribution in [0.1, 0.15) is 23.6 Å². The summed E-state index contributed by atoms with van der Waals surface area (Å²) < 4.78 is 23.6. The van der Waals surface area contributed by atoms with E-state index in [1.165, 1.54) is 0 Å². The van der Waals surface area contributed by atoms with Crippen molar-refractivity contribution in [3.05, 3.63) is 83.6 Å². The maximum Gasteiger partial charge on any atom is 0.231 e. The van der Waals surface area contributed by atoms with Gasteiger partial charge in [0, 0.05) is 18.2 Å². The van der Waals surface area contributed by atoms with Crippen LogP contribution >= 0.6 is 0 Å². The second-order valence-corrected chi connectivity index (χ2v) is 8.06. The molecule has 0 saturated carbocycles. The van der Waals surface area contributed by atoms with Gasteiger partial charge in [-0.2, -0.15) is 4.98 Å². The molecule has 0 saturated heterocycles. The van der Waals surface area contributed by atoms with Gasteiger partial charge in [0.25, 0.3) is 0 Å². The van der Waals surface area contributed by atoms with Crippen LogP contribution in [0.5, 0.6) is 23.0 Å². The van der Waals surface area contributed by atoms with Crippen molar-refractivity contribution >= 4 is 11.8 Å². The Morgan fingerprint density at radius 1 is 0.886 bits per heavy atom. The standard InChI is InChI=1S/C27H26N4O4/c1-2-32-23-11-18(10-20-14-30-27(29)31-26(20)28)12-24(33-15-17-6-4-3-5-7-17)25(23)19-8-9-21-22(13-19)35-16-34-21/h3-9,11-14H,2,10,15-16H2,1H3,(H4,28,29,30,31). The molecule has 0 bridgehead atoms. The van der Waals surface area contributed by atoms with E-state index >= 15 is 0 Å². The fraction of sp³-hybridized carbons (Fsp3) is 0.185.